The third-order valence-corrected chi connectivity index (χ3v) is 9.40. The van der Waals surface area contributed by atoms with E-state index >= 15 is 0 Å². The molecule has 40 heavy (non-hydrogen) atoms. The fraction of sp³-hybridized carbons (Fsp3) is 0.517. The van der Waals surface area contributed by atoms with Crippen LogP contribution in [0.4, 0.5) is 0 Å². The summed E-state index contributed by atoms with van der Waals surface area (Å²) in [7, 11) is 2.81. The number of ether oxygens (including phenoxy) is 3. The summed E-state index contributed by atoms with van der Waals surface area (Å²) in [5, 5.41) is 3.19. The number of benzene rings is 2. The van der Waals surface area contributed by atoms with Crippen molar-refractivity contribution in [3.05, 3.63) is 71.3 Å². The van der Waals surface area contributed by atoms with Crippen LogP contribution in [0.1, 0.15) is 36.1 Å². The maximum atomic E-state index is 11.5. The topological polar surface area (TPSA) is 110 Å². The second-order valence-corrected chi connectivity index (χ2v) is 12.0. The number of phosphoric ester groups is 1. The van der Waals surface area contributed by atoms with Gasteiger partial charge in [-0.3, -0.25) is 4.52 Å². The number of hydrogen-bond donors (Lipinski definition) is 3. The normalized spacial score (nSPS) is 29.2. The largest absolute Gasteiger partial charge is 0.493 e. The quantitative estimate of drug-likeness (QED) is 0.323. The Labute approximate surface area is 242 Å². The highest BCUT2D eigenvalue weighted by Crippen LogP contribution is 2.63. The van der Waals surface area contributed by atoms with Gasteiger partial charge in [0.15, 0.2) is 11.5 Å². The summed E-state index contributed by atoms with van der Waals surface area (Å²) in [6.45, 7) is 3.02. The van der Waals surface area contributed by atoms with Crippen LogP contribution in [0.3, 0.4) is 0 Å². The van der Waals surface area contributed by atoms with Gasteiger partial charge in [0, 0.05) is 36.1 Å². The van der Waals surface area contributed by atoms with Crippen LogP contribution in [0, 0.1) is 5.92 Å². The average molecular weight is 595 g/mol. The third kappa shape index (κ3) is 5.35. The second-order valence-electron chi connectivity index (χ2n) is 10.8. The number of halogens is 1. The molecule has 2 aromatic rings. The Morgan fingerprint density at radius 2 is 1.88 bits per heavy atom. The van der Waals surface area contributed by atoms with Crippen molar-refractivity contribution < 1.29 is 33.1 Å². The minimum absolute atomic E-state index is 0. The Hall–Kier alpha value is -1.94. The molecule has 2 aliphatic carbocycles. The zero-order chi connectivity index (χ0) is 27.9. The van der Waals surface area contributed by atoms with Crippen LogP contribution >= 0.6 is 20.2 Å². The molecular formula is C29H40ClN2O7P. The molecule has 3 N–H and O–H groups in total. The van der Waals surface area contributed by atoms with E-state index in [1.807, 2.05) is 31.3 Å². The summed E-state index contributed by atoms with van der Waals surface area (Å²) >= 11 is 0. The van der Waals surface area contributed by atoms with E-state index in [2.05, 4.69) is 48.5 Å². The maximum absolute atomic E-state index is 11.5. The Morgan fingerprint density at radius 1 is 1.15 bits per heavy atom. The Morgan fingerprint density at radius 3 is 2.50 bits per heavy atom. The first-order valence-electron chi connectivity index (χ1n) is 13.4. The monoisotopic (exact) mass is 594 g/mol. The van der Waals surface area contributed by atoms with Crippen LogP contribution in [-0.4, -0.2) is 73.8 Å². The molecule has 0 aromatic heterocycles. The van der Waals surface area contributed by atoms with Gasteiger partial charge in [-0.1, -0.05) is 48.6 Å². The molecule has 2 bridgehead atoms. The fourth-order valence-corrected chi connectivity index (χ4v) is 7.54. The zero-order valence-corrected chi connectivity index (χ0v) is 25.2. The van der Waals surface area contributed by atoms with Gasteiger partial charge in [0.25, 0.3) is 0 Å². The van der Waals surface area contributed by atoms with Crippen molar-refractivity contribution in [2.75, 3.05) is 34.9 Å². The molecular weight excluding hydrogens is 555 g/mol. The first-order chi connectivity index (χ1) is 18.6. The van der Waals surface area contributed by atoms with Gasteiger partial charge in [-0.25, -0.2) is 4.57 Å². The molecule has 1 spiro atoms. The number of phosphoric acid groups is 1. The first-order valence-corrected chi connectivity index (χ1v) is 14.9. The van der Waals surface area contributed by atoms with E-state index in [0.29, 0.717) is 23.6 Å². The van der Waals surface area contributed by atoms with Gasteiger partial charge in [-0.2, -0.15) is 0 Å². The molecule has 1 fully saturated rings. The highest BCUT2D eigenvalue weighted by molar-refractivity contribution is 7.46. The standard InChI is InChI=1S/C18H22NO6P.C11H17NO.ClH/c1-19-8-7-18-11-4-6-14(25-26(20,21)22)17(18)24-16-13(23-2)5-3-10(15(16)18)9-12(11)19;1-9(12-2)11(13-3)10-7-5-4-6-8-10;/h3-6,11-12,14,17H,7-9H2,1-2H3,(H2,20,21,22);4-9,11-12H,1-3H3;1H/t11-,12+,14-,17-,18-;;/m0../s1. The average Bonchev–Trinajstić information content (AvgIpc) is 3.27. The molecule has 0 saturated carbocycles. The van der Waals surface area contributed by atoms with E-state index in [1.54, 1.807) is 20.3 Å². The van der Waals surface area contributed by atoms with Crippen molar-refractivity contribution in [2.45, 2.75) is 55.6 Å². The van der Waals surface area contributed by atoms with Gasteiger partial charge >= 0.3 is 7.82 Å². The van der Waals surface area contributed by atoms with E-state index in [4.69, 9.17) is 18.7 Å². The minimum atomic E-state index is -4.63. The lowest BCUT2D eigenvalue weighted by molar-refractivity contribution is -0.0440. The van der Waals surface area contributed by atoms with Crippen LogP contribution in [0.25, 0.3) is 0 Å². The number of nitrogens with zero attached hydrogens (tertiary/aromatic N) is 1. The van der Waals surface area contributed by atoms with Gasteiger partial charge in [-0.05, 0) is 57.6 Å². The SMILES string of the molecule is CNC(C)C(OC)c1ccccc1.COc1ccc2c3c1O[C@H]1[C@@H](OP(=O)(O)O)C=C[C@H]4[C@@H](C2)N(C)CC[C@@]341.Cl. The van der Waals surface area contributed by atoms with Crippen LogP contribution in [0.15, 0.2) is 54.6 Å². The fourth-order valence-electron chi connectivity index (χ4n) is 7.04. The predicted molar refractivity (Wildman–Crippen MR) is 155 cm³/mol. The van der Waals surface area contributed by atoms with E-state index in [0.717, 1.165) is 24.9 Å². The first kappa shape index (κ1) is 31.0. The lowest BCUT2D eigenvalue weighted by Crippen LogP contribution is -2.65. The highest BCUT2D eigenvalue weighted by Gasteiger charge is 2.65. The van der Waals surface area contributed by atoms with Gasteiger partial charge < -0.3 is 34.2 Å². The Balaban J connectivity index is 0.000000226. The van der Waals surface area contributed by atoms with E-state index in [9.17, 15) is 14.4 Å². The lowest BCUT2D eigenvalue weighted by Gasteiger charge is -2.56. The molecule has 2 unspecified atom stereocenters. The maximum Gasteiger partial charge on any atom is 0.470 e. The summed E-state index contributed by atoms with van der Waals surface area (Å²) in [6.07, 6.45) is 4.50. The van der Waals surface area contributed by atoms with Crippen molar-refractivity contribution in [2.24, 2.45) is 5.92 Å². The smallest absolute Gasteiger partial charge is 0.470 e. The molecule has 2 aliphatic heterocycles. The highest BCUT2D eigenvalue weighted by atomic mass is 35.5. The van der Waals surface area contributed by atoms with Gasteiger partial charge in [0.05, 0.1) is 13.2 Å². The van der Waals surface area contributed by atoms with Crippen molar-refractivity contribution in [3.63, 3.8) is 0 Å². The third-order valence-electron chi connectivity index (χ3n) is 8.89. The summed E-state index contributed by atoms with van der Waals surface area (Å²) < 4.78 is 33.9. The molecule has 9 nitrogen and oxygen atoms in total. The molecule has 2 heterocycles. The number of likely N-dealkylation sites (N-methyl/N-ethyl adjacent to an activating group) is 2. The summed E-state index contributed by atoms with van der Waals surface area (Å²) in [5.41, 5.74) is 3.27. The predicted octanol–water partition coefficient (Wildman–Crippen LogP) is 4.02. The van der Waals surface area contributed by atoms with Gasteiger partial charge in [0.2, 0.25) is 0 Å². The Bertz CT molecular complexity index is 1260. The Kier molecular flexibility index (Phi) is 9.39. The summed E-state index contributed by atoms with van der Waals surface area (Å²) in [4.78, 5) is 21.1. The number of rotatable bonds is 7. The molecule has 11 heteroatoms. The molecule has 0 radical (unpaired) electrons. The van der Waals surface area contributed by atoms with Crippen molar-refractivity contribution in [1.82, 2.24) is 10.2 Å². The molecule has 6 rings (SSSR count). The van der Waals surface area contributed by atoms with Crippen LogP contribution in [0.5, 0.6) is 11.5 Å². The summed E-state index contributed by atoms with van der Waals surface area (Å²) in [6, 6.07) is 14.9. The number of hydrogen-bond acceptors (Lipinski definition) is 7. The number of methoxy groups -OCH3 is 2. The molecule has 1 saturated heterocycles. The van der Waals surface area contributed by atoms with Crippen LogP contribution < -0.4 is 14.8 Å². The molecule has 4 aliphatic rings. The van der Waals surface area contributed by atoms with E-state index < -0.39 is 20.0 Å². The number of nitrogens with one attached hydrogen (secondary N) is 1. The number of piperidine rings is 1. The van der Waals surface area contributed by atoms with Crippen LogP contribution in [-0.2, 0) is 25.7 Å². The van der Waals surface area contributed by atoms with Gasteiger partial charge in [0.1, 0.15) is 12.2 Å². The van der Waals surface area contributed by atoms with Crippen LogP contribution in [0.2, 0.25) is 0 Å². The molecule has 2 aromatic carbocycles. The lowest BCUT2D eigenvalue weighted by atomic mass is 9.53. The van der Waals surface area contributed by atoms with Crippen molar-refractivity contribution in [3.8, 4) is 11.5 Å². The minimum Gasteiger partial charge on any atom is -0.493 e. The van der Waals surface area contributed by atoms with E-state index in [1.165, 1.54) is 11.1 Å². The molecule has 0 amide bonds. The summed E-state index contributed by atoms with van der Waals surface area (Å²) in [5.74, 6) is 1.60. The van der Waals surface area contributed by atoms with E-state index in [-0.39, 0.29) is 29.8 Å². The zero-order valence-electron chi connectivity index (χ0n) is 23.5. The molecule has 7 atom stereocenters. The number of likely N-dealkylation sites (tertiary alicyclic amines) is 1. The molecule has 220 valence electrons. The van der Waals surface area contributed by atoms with Crippen molar-refractivity contribution in [1.29, 1.82) is 0 Å². The van der Waals surface area contributed by atoms with Gasteiger partial charge in [-0.15, -0.1) is 12.4 Å². The van der Waals surface area contributed by atoms with Crippen molar-refractivity contribution >= 4 is 20.2 Å². The second kappa shape index (κ2) is 12.1.